The van der Waals surface area contributed by atoms with Crippen LogP contribution >= 0.6 is 0 Å². The van der Waals surface area contributed by atoms with Crippen LogP contribution in [0.2, 0.25) is 0 Å². The van der Waals surface area contributed by atoms with Gasteiger partial charge in [0.2, 0.25) is 0 Å². The number of rotatable bonds is 3. The summed E-state index contributed by atoms with van der Waals surface area (Å²) < 4.78 is 11.0. The minimum atomic E-state index is -0.659. The van der Waals surface area contributed by atoms with Gasteiger partial charge in [0.25, 0.3) is 0 Å². The highest BCUT2D eigenvalue weighted by Gasteiger charge is 2.19. The van der Waals surface area contributed by atoms with Crippen LogP contribution in [0.1, 0.15) is 17.2 Å². The first-order valence-corrected chi connectivity index (χ1v) is 6.65. The highest BCUT2D eigenvalue weighted by atomic mass is 16.6. The van der Waals surface area contributed by atoms with Crippen molar-refractivity contribution in [1.82, 2.24) is 0 Å². The molecule has 2 aromatic rings. The first-order valence-electron chi connectivity index (χ1n) is 6.65. The average Bonchev–Trinajstić information content (AvgIpc) is 2.47. The van der Waals surface area contributed by atoms with Gasteiger partial charge in [-0.25, -0.2) is 0 Å². The third kappa shape index (κ3) is 2.56. The van der Waals surface area contributed by atoms with Crippen LogP contribution in [0.5, 0.6) is 11.5 Å². The number of aliphatic hydroxyl groups excluding tert-OH is 1. The highest BCUT2D eigenvalue weighted by molar-refractivity contribution is 5.59. The number of fused-ring (bicyclic) bond motifs is 1. The third-order valence-corrected chi connectivity index (χ3v) is 3.38. The summed E-state index contributed by atoms with van der Waals surface area (Å²) in [6.45, 7) is 1.05. The molecule has 1 aliphatic heterocycles. The van der Waals surface area contributed by atoms with E-state index in [1.54, 1.807) is 12.1 Å². The first kappa shape index (κ1) is 12.8. The van der Waals surface area contributed by atoms with Gasteiger partial charge in [0.05, 0.1) is 6.10 Å². The summed E-state index contributed by atoms with van der Waals surface area (Å²) in [5.74, 6) is 1.29. The van der Waals surface area contributed by atoms with Crippen LogP contribution in [0.3, 0.4) is 0 Å². The lowest BCUT2D eigenvalue weighted by molar-refractivity contribution is 0.165. The molecular weight excluding hydrogens is 254 g/mol. The summed E-state index contributed by atoms with van der Waals surface area (Å²) in [6.07, 6.45) is -0.141. The predicted octanol–water partition coefficient (Wildman–Crippen LogP) is 2.32. The Morgan fingerprint density at radius 3 is 2.40 bits per heavy atom. The second-order valence-corrected chi connectivity index (χ2v) is 4.83. The summed E-state index contributed by atoms with van der Waals surface area (Å²) in [5, 5.41) is 10.4. The van der Waals surface area contributed by atoms with Crippen LogP contribution in [0.15, 0.2) is 42.5 Å². The molecule has 0 saturated heterocycles. The van der Waals surface area contributed by atoms with E-state index in [0.29, 0.717) is 42.4 Å². The number of benzene rings is 2. The van der Waals surface area contributed by atoms with E-state index < -0.39 is 6.10 Å². The quantitative estimate of drug-likeness (QED) is 0.841. The number of anilines is 1. The normalized spacial score (nSPS) is 14.8. The molecule has 0 aromatic heterocycles. The number of aliphatic hydroxyl groups is 1. The molecule has 1 heterocycles. The molecule has 0 aliphatic carbocycles. The van der Waals surface area contributed by atoms with Gasteiger partial charge in [-0.2, -0.15) is 0 Å². The maximum atomic E-state index is 10.4. The van der Waals surface area contributed by atoms with Crippen molar-refractivity contribution >= 4 is 5.69 Å². The zero-order valence-corrected chi connectivity index (χ0v) is 11.1. The minimum absolute atomic E-state index is 0.519. The Morgan fingerprint density at radius 1 is 1.05 bits per heavy atom. The van der Waals surface area contributed by atoms with E-state index in [-0.39, 0.29) is 0 Å². The number of nitrogens with two attached hydrogens (primary N) is 1. The average molecular weight is 271 g/mol. The van der Waals surface area contributed by atoms with E-state index in [2.05, 4.69) is 0 Å². The van der Waals surface area contributed by atoms with Crippen LogP contribution in [0.4, 0.5) is 5.69 Å². The number of ether oxygens (including phenoxy) is 2. The molecule has 3 rings (SSSR count). The molecule has 4 heteroatoms. The molecule has 2 aromatic carbocycles. The van der Waals surface area contributed by atoms with Crippen LogP contribution in [-0.2, 0) is 6.42 Å². The van der Waals surface area contributed by atoms with E-state index in [0.717, 1.165) is 5.56 Å². The molecule has 20 heavy (non-hydrogen) atoms. The van der Waals surface area contributed by atoms with Crippen LogP contribution in [-0.4, -0.2) is 18.3 Å². The van der Waals surface area contributed by atoms with Crippen molar-refractivity contribution in [3.8, 4) is 11.5 Å². The second kappa shape index (κ2) is 5.43. The number of hydrogen-bond acceptors (Lipinski definition) is 4. The predicted molar refractivity (Wildman–Crippen MR) is 77.0 cm³/mol. The fourth-order valence-electron chi connectivity index (χ4n) is 2.36. The molecule has 1 atom stereocenters. The van der Waals surface area contributed by atoms with Crippen molar-refractivity contribution in [1.29, 1.82) is 0 Å². The molecule has 4 nitrogen and oxygen atoms in total. The zero-order chi connectivity index (χ0) is 13.9. The van der Waals surface area contributed by atoms with E-state index in [1.807, 2.05) is 30.3 Å². The van der Waals surface area contributed by atoms with Gasteiger partial charge in [0, 0.05) is 23.7 Å². The van der Waals surface area contributed by atoms with Gasteiger partial charge >= 0.3 is 0 Å². The fraction of sp³-hybridized carbons (Fsp3) is 0.250. The SMILES string of the molecule is Nc1cc2c(cc1C(O)Cc1ccccc1)OCCO2. The van der Waals surface area contributed by atoms with Crippen molar-refractivity contribution in [2.24, 2.45) is 0 Å². The Labute approximate surface area is 117 Å². The summed E-state index contributed by atoms with van der Waals surface area (Å²) in [4.78, 5) is 0. The fourth-order valence-corrected chi connectivity index (χ4v) is 2.36. The van der Waals surface area contributed by atoms with E-state index >= 15 is 0 Å². The van der Waals surface area contributed by atoms with Crippen LogP contribution in [0.25, 0.3) is 0 Å². The van der Waals surface area contributed by atoms with Gasteiger partial charge in [0.1, 0.15) is 13.2 Å². The Hall–Kier alpha value is -2.20. The molecule has 0 radical (unpaired) electrons. The molecule has 104 valence electrons. The lowest BCUT2D eigenvalue weighted by atomic mass is 9.99. The largest absolute Gasteiger partial charge is 0.486 e. The first-order chi connectivity index (χ1) is 9.74. The van der Waals surface area contributed by atoms with Gasteiger partial charge in [0.15, 0.2) is 11.5 Å². The summed E-state index contributed by atoms with van der Waals surface area (Å²) in [5.41, 5.74) is 8.27. The van der Waals surface area contributed by atoms with Crippen LogP contribution in [0, 0.1) is 0 Å². The van der Waals surface area contributed by atoms with Crippen LogP contribution < -0.4 is 15.2 Å². The maximum absolute atomic E-state index is 10.4. The molecule has 0 spiro atoms. The third-order valence-electron chi connectivity index (χ3n) is 3.38. The Bertz CT molecular complexity index is 598. The standard InChI is InChI=1S/C16H17NO3/c17-13-10-16-15(19-6-7-20-16)9-12(13)14(18)8-11-4-2-1-3-5-11/h1-5,9-10,14,18H,6-8,17H2. The van der Waals surface area contributed by atoms with Crippen molar-refractivity contribution in [2.45, 2.75) is 12.5 Å². The molecule has 0 bridgehead atoms. The van der Waals surface area contributed by atoms with Crippen molar-refractivity contribution in [3.05, 3.63) is 53.6 Å². The van der Waals surface area contributed by atoms with Crippen molar-refractivity contribution < 1.29 is 14.6 Å². The molecule has 1 aliphatic rings. The minimum Gasteiger partial charge on any atom is -0.486 e. The summed E-state index contributed by atoms with van der Waals surface area (Å²) in [7, 11) is 0. The van der Waals surface area contributed by atoms with Gasteiger partial charge in [-0.15, -0.1) is 0 Å². The second-order valence-electron chi connectivity index (χ2n) is 4.83. The highest BCUT2D eigenvalue weighted by Crippen LogP contribution is 2.37. The molecule has 3 N–H and O–H groups in total. The van der Waals surface area contributed by atoms with Crippen molar-refractivity contribution in [3.63, 3.8) is 0 Å². The zero-order valence-electron chi connectivity index (χ0n) is 11.1. The van der Waals surface area contributed by atoms with E-state index in [1.165, 1.54) is 0 Å². The van der Waals surface area contributed by atoms with Gasteiger partial charge < -0.3 is 20.3 Å². The Morgan fingerprint density at radius 2 is 1.70 bits per heavy atom. The topological polar surface area (TPSA) is 64.7 Å². The smallest absolute Gasteiger partial charge is 0.163 e. The Kier molecular flexibility index (Phi) is 3.48. The summed E-state index contributed by atoms with van der Waals surface area (Å²) >= 11 is 0. The van der Waals surface area contributed by atoms with Gasteiger partial charge in [-0.1, -0.05) is 30.3 Å². The lowest BCUT2D eigenvalue weighted by Crippen LogP contribution is -2.16. The Balaban J connectivity index is 1.86. The van der Waals surface area contributed by atoms with Gasteiger partial charge in [-0.3, -0.25) is 0 Å². The van der Waals surface area contributed by atoms with Crippen molar-refractivity contribution in [2.75, 3.05) is 18.9 Å². The molecule has 1 unspecified atom stereocenters. The monoisotopic (exact) mass is 271 g/mol. The molecule has 0 fully saturated rings. The number of nitrogen functional groups attached to an aromatic ring is 1. The molecule has 0 saturated carbocycles. The lowest BCUT2D eigenvalue weighted by Gasteiger charge is -2.22. The molecular formula is C16H17NO3. The van der Waals surface area contributed by atoms with E-state index in [9.17, 15) is 5.11 Å². The maximum Gasteiger partial charge on any atom is 0.163 e. The molecule has 0 amide bonds. The summed E-state index contributed by atoms with van der Waals surface area (Å²) in [6, 6.07) is 13.3. The number of hydrogen-bond donors (Lipinski definition) is 2. The van der Waals surface area contributed by atoms with E-state index in [4.69, 9.17) is 15.2 Å². The van der Waals surface area contributed by atoms with Gasteiger partial charge in [-0.05, 0) is 11.6 Å².